The van der Waals surface area contributed by atoms with Gasteiger partial charge in [-0.3, -0.25) is 0 Å². The Balaban J connectivity index is 2.59. The van der Waals surface area contributed by atoms with E-state index >= 15 is 0 Å². The van der Waals surface area contributed by atoms with E-state index in [0.29, 0.717) is 5.66 Å². The number of rotatable bonds is 1. The van der Waals surface area contributed by atoms with E-state index in [1.165, 1.54) is 6.39 Å². The molecule has 0 radical (unpaired) electrons. The van der Waals surface area contributed by atoms with Crippen molar-refractivity contribution in [1.29, 1.82) is 0 Å². The zero-order valence-electron chi connectivity index (χ0n) is 6.82. The molecule has 12 heavy (non-hydrogen) atoms. The summed E-state index contributed by atoms with van der Waals surface area (Å²) < 4.78 is 5.18. The van der Waals surface area contributed by atoms with Crippen LogP contribution in [-0.2, 0) is 0 Å². The summed E-state index contributed by atoms with van der Waals surface area (Å²) in [5, 5.41) is 0.972. The number of allylic oxidation sites excluding steroid dienone is 2. The van der Waals surface area contributed by atoms with Gasteiger partial charge in [-0.1, -0.05) is 12.2 Å². The lowest BCUT2D eigenvalue weighted by atomic mass is 10.4. The smallest absolute Gasteiger partial charge is 0.181 e. The fourth-order valence-corrected chi connectivity index (χ4v) is 1.81. The van der Waals surface area contributed by atoms with Crippen molar-refractivity contribution in [1.82, 2.24) is 4.98 Å². The summed E-state index contributed by atoms with van der Waals surface area (Å²) in [6.45, 7) is 2.19. The van der Waals surface area contributed by atoms with Gasteiger partial charge in [-0.05, 0) is 18.8 Å². The second kappa shape index (κ2) is 3.24. The van der Waals surface area contributed by atoms with E-state index in [1.54, 1.807) is 0 Å². The van der Waals surface area contributed by atoms with Gasteiger partial charge in [0.2, 0.25) is 0 Å². The first-order valence-corrected chi connectivity index (χ1v) is 5.45. The van der Waals surface area contributed by atoms with E-state index in [4.69, 9.17) is 4.42 Å². The van der Waals surface area contributed by atoms with Crippen molar-refractivity contribution in [2.24, 2.45) is 0 Å². The van der Waals surface area contributed by atoms with E-state index in [9.17, 15) is 0 Å². The van der Waals surface area contributed by atoms with Crippen LogP contribution < -0.4 is 10.8 Å². The van der Waals surface area contributed by atoms with Crippen LogP contribution in [0.1, 0.15) is 0 Å². The molecule has 0 fully saturated rings. The molecule has 2 rings (SSSR count). The van der Waals surface area contributed by atoms with E-state index in [-0.39, 0.29) is 0 Å². The third-order valence-corrected chi connectivity index (χ3v) is 2.89. The molecule has 2 nitrogen and oxygen atoms in total. The Hall–Kier alpha value is -0.880. The Labute approximate surface area is 72.5 Å². The first-order valence-electron chi connectivity index (χ1n) is 3.87. The Morgan fingerprint density at radius 2 is 2.50 bits per heavy atom. The van der Waals surface area contributed by atoms with Gasteiger partial charge in [-0.15, -0.1) is 8.58 Å². The minimum absolute atomic E-state index is 0.521. The first-order chi connectivity index (χ1) is 5.90. The highest BCUT2D eigenvalue weighted by Crippen LogP contribution is 2.16. The summed E-state index contributed by atoms with van der Waals surface area (Å²) in [6, 6.07) is 0. The lowest BCUT2D eigenvalue weighted by Gasteiger charge is -1.98. The van der Waals surface area contributed by atoms with Crippen LogP contribution in [0.5, 0.6) is 0 Å². The molecule has 3 heteroatoms. The number of oxazole rings is 1. The highest BCUT2D eigenvalue weighted by Gasteiger charge is 2.00. The predicted molar refractivity (Wildman–Crippen MR) is 51.9 cm³/mol. The third kappa shape index (κ3) is 1.35. The number of nitrogens with zero attached hydrogens (tertiary/aromatic N) is 1. The van der Waals surface area contributed by atoms with Crippen LogP contribution in [0.15, 0.2) is 23.0 Å². The second-order valence-corrected chi connectivity index (χ2v) is 3.88. The summed E-state index contributed by atoms with van der Waals surface area (Å²) in [4.78, 5) is 4.13. The summed E-state index contributed by atoms with van der Waals surface area (Å²) in [7, 11) is 0.883. The van der Waals surface area contributed by atoms with Gasteiger partial charge in [0.05, 0.1) is 0 Å². The largest absolute Gasteiger partial charge is 0.443 e. The topological polar surface area (TPSA) is 26.0 Å². The molecule has 0 aromatic carbocycles. The Morgan fingerprint density at radius 3 is 3.33 bits per heavy atom. The van der Waals surface area contributed by atoms with Crippen molar-refractivity contribution in [3.63, 3.8) is 0 Å². The van der Waals surface area contributed by atoms with Gasteiger partial charge in [0.15, 0.2) is 11.8 Å². The minimum atomic E-state index is 0.521. The fraction of sp³-hybridized carbons (Fsp3) is 0.222. The zero-order valence-corrected chi connectivity index (χ0v) is 7.82. The van der Waals surface area contributed by atoms with Crippen molar-refractivity contribution in [2.45, 2.75) is 5.66 Å². The Kier molecular flexibility index (Phi) is 2.09. The summed E-state index contributed by atoms with van der Waals surface area (Å²) in [6.07, 6.45) is 9.81. The Morgan fingerprint density at radius 1 is 1.58 bits per heavy atom. The molecule has 0 spiro atoms. The van der Waals surface area contributed by atoms with Crippen LogP contribution in [0.25, 0.3) is 12.2 Å². The molecular weight excluding hydrogens is 169 g/mol. The number of hydrogen-bond donors (Lipinski definition) is 0. The molecule has 62 valence electrons. The fourth-order valence-electron chi connectivity index (χ4n) is 1.18. The van der Waals surface area contributed by atoms with E-state index < -0.39 is 0 Å². The van der Waals surface area contributed by atoms with Gasteiger partial charge in [0.25, 0.3) is 0 Å². The molecule has 0 bridgehead atoms. The van der Waals surface area contributed by atoms with Crippen LogP contribution in [0.2, 0.25) is 0 Å². The molecule has 1 aliphatic carbocycles. The molecule has 0 saturated heterocycles. The quantitative estimate of drug-likeness (QED) is 0.586. The van der Waals surface area contributed by atoms with Gasteiger partial charge in [-0.25, -0.2) is 4.98 Å². The van der Waals surface area contributed by atoms with Crippen LogP contribution >= 0.6 is 8.58 Å². The van der Waals surface area contributed by atoms with Gasteiger partial charge in [-0.2, -0.15) is 0 Å². The second-order valence-electron chi connectivity index (χ2n) is 2.63. The number of fused-ring (bicyclic) bond motifs is 1. The molecule has 1 heterocycles. The molecule has 1 aromatic rings. The average Bonchev–Trinajstić information content (AvgIpc) is 2.43. The van der Waals surface area contributed by atoms with Gasteiger partial charge < -0.3 is 4.42 Å². The summed E-state index contributed by atoms with van der Waals surface area (Å²) >= 11 is 0. The van der Waals surface area contributed by atoms with E-state index in [2.05, 4.69) is 23.8 Å². The lowest BCUT2D eigenvalue weighted by molar-refractivity contribution is 0.525. The van der Waals surface area contributed by atoms with Crippen LogP contribution in [0.4, 0.5) is 0 Å². The maximum atomic E-state index is 5.18. The van der Waals surface area contributed by atoms with Crippen LogP contribution in [-0.4, -0.2) is 17.3 Å². The lowest BCUT2D eigenvalue weighted by Crippen LogP contribution is -2.22. The molecule has 1 aliphatic rings. The average molecular weight is 179 g/mol. The van der Waals surface area contributed by atoms with Crippen molar-refractivity contribution >= 4 is 20.7 Å². The van der Waals surface area contributed by atoms with E-state index in [1.807, 2.05) is 12.2 Å². The normalized spacial score (nSPS) is 21.6. The monoisotopic (exact) mass is 179 g/mol. The standard InChI is InChI=1S/C9H10NOP/c1-12-7-3-2-4-9-8(5-7)10-6-11-9/h2-7,12H,1H3. The summed E-state index contributed by atoms with van der Waals surface area (Å²) in [5.41, 5.74) is 1.39. The van der Waals surface area contributed by atoms with Crippen molar-refractivity contribution in [3.8, 4) is 0 Å². The van der Waals surface area contributed by atoms with E-state index in [0.717, 1.165) is 19.3 Å². The van der Waals surface area contributed by atoms with Gasteiger partial charge in [0, 0.05) is 5.66 Å². The van der Waals surface area contributed by atoms with Gasteiger partial charge in [0.1, 0.15) is 5.35 Å². The maximum absolute atomic E-state index is 5.18. The number of hydrogen-bond acceptors (Lipinski definition) is 2. The molecular formula is C9H10NOP. The summed E-state index contributed by atoms with van der Waals surface area (Å²) in [5.74, 6) is 0. The van der Waals surface area contributed by atoms with Crippen molar-refractivity contribution < 1.29 is 4.42 Å². The SMILES string of the molecule is CPC1C=CC=c2ocnc2=C1. The van der Waals surface area contributed by atoms with Crippen molar-refractivity contribution in [2.75, 3.05) is 6.66 Å². The van der Waals surface area contributed by atoms with Crippen LogP contribution in [0, 0.1) is 0 Å². The third-order valence-electron chi connectivity index (χ3n) is 1.86. The molecule has 0 saturated carbocycles. The first kappa shape index (κ1) is 7.75. The highest BCUT2D eigenvalue weighted by molar-refractivity contribution is 7.38. The molecule has 0 N–H and O–H groups in total. The molecule has 1 aromatic heterocycles. The van der Waals surface area contributed by atoms with Gasteiger partial charge >= 0.3 is 0 Å². The van der Waals surface area contributed by atoms with Crippen molar-refractivity contribution in [3.05, 3.63) is 29.3 Å². The maximum Gasteiger partial charge on any atom is 0.181 e. The van der Waals surface area contributed by atoms with Crippen LogP contribution in [0.3, 0.4) is 0 Å². The molecule has 0 aliphatic heterocycles. The molecule has 0 amide bonds. The predicted octanol–water partition coefficient (Wildman–Crippen LogP) is 0.482. The Bertz CT molecular complexity index is 404. The number of aromatic nitrogens is 1. The molecule has 2 atom stereocenters. The zero-order chi connectivity index (χ0) is 8.39. The highest BCUT2D eigenvalue weighted by atomic mass is 31.1. The minimum Gasteiger partial charge on any atom is -0.443 e. The molecule has 2 unspecified atom stereocenters.